The van der Waals surface area contributed by atoms with Crippen molar-refractivity contribution in [3.8, 4) is 0 Å². The first-order chi connectivity index (χ1) is 8.25. The zero-order valence-corrected chi connectivity index (χ0v) is 11.0. The Kier molecular flexibility index (Phi) is 4.49. The zero-order valence-electron chi connectivity index (χ0n) is 11.0. The van der Waals surface area contributed by atoms with Crippen LogP contribution in [-0.4, -0.2) is 34.5 Å². The van der Waals surface area contributed by atoms with E-state index in [-0.39, 0.29) is 0 Å². The van der Waals surface area contributed by atoms with Gasteiger partial charge in [0, 0.05) is 18.3 Å². The first-order valence-electron chi connectivity index (χ1n) is 6.80. The normalized spacial score (nSPS) is 16.9. The molecule has 0 saturated carbocycles. The molecule has 0 aromatic carbocycles. The fraction of sp³-hybridized carbons (Fsp3) is 0.714. The summed E-state index contributed by atoms with van der Waals surface area (Å²) in [4.78, 5) is 11.5. The van der Waals surface area contributed by atoms with E-state index in [9.17, 15) is 0 Å². The molecule has 94 valence electrons. The van der Waals surface area contributed by atoms with Crippen LogP contribution in [-0.2, 0) is 6.42 Å². The van der Waals surface area contributed by atoms with E-state index < -0.39 is 0 Å². The number of aryl methyl sites for hydroxylation is 1. The fourth-order valence-electron chi connectivity index (χ4n) is 2.32. The van der Waals surface area contributed by atoms with Gasteiger partial charge in [-0.1, -0.05) is 13.8 Å². The topological polar surface area (TPSA) is 29.0 Å². The summed E-state index contributed by atoms with van der Waals surface area (Å²) in [5.74, 6) is 1.51. The van der Waals surface area contributed by atoms with Crippen LogP contribution in [0.3, 0.4) is 0 Å². The second kappa shape index (κ2) is 6.10. The third kappa shape index (κ3) is 3.77. The van der Waals surface area contributed by atoms with Crippen molar-refractivity contribution >= 4 is 0 Å². The third-order valence-electron chi connectivity index (χ3n) is 3.39. The van der Waals surface area contributed by atoms with Crippen LogP contribution < -0.4 is 0 Å². The molecule has 1 aliphatic rings. The van der Waals surface area contributed by atoms with Crippen molar-refractivity contribution in [2.24, 2.45) is 0 Å². The molecule has 2 rings (SSSR count). The highest BCUT2D eigenvalue weighted by atomic mass is 15.1. The molecule has 1 aromatic heterocycles. The van der Waals surface area contributed by atoms with Gasteiger partial charge in [-0.15, -0.1) is 0 Å². The molecule has 1 saturated heterocycles. The average molecular weight is 233 g/mol. The molecule has 0 N–H and O–H groups in total. The zero-order chi connectivity index (χ0) is 12.1. The van der Waals surface area contributed by atoms with E-state index in [4.69, 9.17) is 0 Å². The fourth-order valence-corrected chi connectivity index (χ4v) is 2.32. The monoisotopic (exact) mass is 233 g/mol. The molecule has 1 fully saturated rings. The standard InChI is InChI=1S/C14H23N3/c1-12(2)13-7-8-15-14(16-13)6-5-11-17-9-3-4-10-17/h7-8,12H,3-6,9-11H2,1-2H3. The number of nitrogens with zero attached hydrogens (tertiary/aromatic N) is 3. The minimum atomic E-state index is 0.496. The van der Waals surface area contributed by atoms with Crippen molar-refractivity contribution in [2.45, 2.75) is 45.4 Å². The van der Waals surface area contributed by atoms with Crippen LogP contribution in [0, 0.1) is 0 Å². The Balaban J connectivity index is 1.79. The Morgan fingerprint density at radius 3 is 2.76 bits per heavy atom. The molecule has 2 heterocycles. The Morgan fingerprint density at radius 2 is 2.06 bits per heavy atom. The lowest BCUT2D eigenvalue weighted by Gasteiger charge is -2.13. The van der Waals surface area contributed by atoms with Gasteiger partial charge in [0.15, 0.2) is 0 Å². The first kappa shape index (κ1) is 12.5. The highest BCUT2D eigenvalue weighted by molar-refractivity contribution is 5.06. The summed E-state index contributed by atoms with van der Waals surface area (Å²) < 4.78 is 0. The number of rotatable bonds is 5. The van der Waals surface area contributed by atoms with Crippen molar-refractivity contribution < 1.29 is 0 Å². The van der Waals surface area contributed by atoms with Gasteiger partial charge in [-0.25, -0.2) is 9.97 Å². The van der Waals surface area contributed by atoms with Gasteiger partial charge in [0.25, 0.3) is 0 Å². The van der Waals surface area contributed by atoms with E-state index in [1.54, 1.807) is 0 Å². The molecule has 0 radical (unpaired) electrons. The van der Waals surface area contributed by atoms with Crippen molar-refractivity contribution in [2.75, 3.05) is 19.6 Å². The van der Waals surface area contributed by atoms with E-state index in [2.05, 4.69) is 28.7 Å². The third-order valence-corrected chi connectivity index (χ3v) is 3.39. The van der Waals surface area contributed by atoms with E-state index in [1.165, 1.54) is 38.9 Å². The van der Waals surface area contributed by atoms with Crippen molar-refractivity contribution in [3.63, 3.8) is 0 Å². The molecule has 0 bridgehead atoms. The minimum absolute atomic E-state index is 0.496. The van der Waals surface area contributed by atoms with Gasteiger partial charge in [0.05, 0.1) is 0 Å². The molecule has 0 unspecified atom stereocenters. The van der Waals surface area contributed by atoms with Crippen LogP contribution in [0.15, 0.2) is 12.3 Å². The summed E-state index contributed by atoms with van der Waals surface area (Å²) in [6.45, 7) is 8.13. The van der Waals surface area contributed by atoms with Crippen LogP contribution in [0.5, 0.6) is 0 Å². The molecule has 0 aliphatic carbocycles. The summed E-state index contributed by atoms with van der Waals surface area (Å²) in [7, 11) is 0. The van der Waals surface area contributed by atoms with Crippen molar-refractivity contribution in [1.29, 1.82) is 0 Å². The van der Waals surface area contributed by atoms with E-state index >= 15 is 0 Å². The summed E-state index contributed by atoms with van der Waals surface area (Å²) in [6.07, 6.45) is 6.84. The van der Waals surface area contributed by atoms with Crippen LogP contribution >= 0.6 is 0 Å². The Labute approximate surface area is 104 Å². The van der Waals surface area contributed by atoms with E-state index in [0.717, 1.165) is 17.9 Å². The van der Waals surface area contributed by atoms with Gasteiger partial charge in [0.1, 0.15) is 5.82 Å². The van der Waals surface area contributed by atoms with Gasteiger partial charge in [-0.3, -0.25) is 0 Å². The molecule has 0 atom stereocenters. The lowest BCUT2D eigenvalue weighted by atomic mass is 10.1. The predicted molar refractivity (Wildman–Crippen MR) is 70.1 cm³/mol. The smallest absolute Gasteiger partial charge is 0.128 e. The second-order valence-electron chi connectivity index (χ2n) is 5.20. The van der Waals surface area contributed by atoms with Gasteiger partial charge in [-0.05, 0) is 50.9 Å². The van der Waals surface area contributed by atoms with Crippen LogP contribution in [0.25, 0.3) is 0 Å². The van der Waals surface area contributed by atoms with Gasteiger partial charge < -0.3 is 4.90 Å². The van der Waals surface area contributed by atoms with Crippen LogP contribution in [0.2, 0.25) is 0 Å². The molecule has 0 amide bonds. The van der Waals surface area contributed by atoms with Gasteiger partial charge in [0.2, 0.25) is 0 Å². The van der Waals surface area contributed by atoms with Crippen molar-refractivity contribution in [1.82, 2.24) is 14.9 Å². The van der Waals surface area contributed by atoms with Crippen molar-refractivity contribution in [3.05, 3.63) is 23.8 Å². The molecule has 17 heavy (non-hydrogen) atoms. The SMILES string of the molecule is CC(C)c1ccnc(CCCN2CCCC2)n1. The lowest BCUT2D eigenvalue weighted by molar-refractivity contribution is 0.333. The number of hydrogen-bond donors (Lipinski definition) is 0. The highest BCUT2D eigenvalue weighted by Crippen LogP contribution is 2.12. The molecular formula is C14H23N3. The predicted octanol–water partition coefficient (Wildman–Crippen LogP) is 2.63. The van der Waals surface area contributed by atoms with E-state index in [1.807, 2.05) is 12.3 Å². The largest absolute Gasteiger partial charge is 0.303 e. The maximum Gasteiger partial charge on any atom is 0.128 e. The Hall–Kier alpha value is -0.960. The van der Waals surface area contributed by atoms with Gasteiger partial charge >= 0.3 is 0 Å². The summed E-state index contributed by atoms with van der Waals surface area (Å²) >= 11 is 0. The Morgan fingerprint density at radius 1 is 1.29 bits per heavy atom. The summed E-state index contributed by atoms with van der Waals surface area (Å²) in [6, 6.07) is 2.02. The first-order valence-corrected chi connectivity index (χ1v) is 6.80. The minimum Gasteiger partial charge on any atom is -0.303 e. The molecular weight excluding hydrogens is 210 g/mol. The number of aromatic nitrogens is 2. The number of hydrogen-bond acceptors (Lipinski definition) is 3. The Bertz CT molecular complexity index is 343. The highest BCUT2D eigenvalue weighted by Gasteiger charge is 2.11. The molecule has 0 spiro atoms. The summed E-state index contributed by atoms with van der Waals surface area (Å²) in [5, 5.41) is 0. The maximum absolute atomic E-state index is 4.61. The maximum atomic E-state index is 4.61. The van der Waals surface area contributed by atoms with E-state index in [0.29, 0.717) is 5.92 Å². The number of likely N-dealkylation sites (tertiary alicyclic amines) is 1. The lowest BCUT2D eigenvalue weighted by Crippen LogP contribution is -2.21. The summed E-state index contributed by atoms with van der Waals surface area (Å²) in [5.41, 5.74) is 1.16. The second-order valence-corrected chi connectivity index (χ2v) is 5.20. The van der Waals surface area contributed by atoms with Crippen LogP contribution in [0.1, 0.15) is 50.5 Å². The molecule has 3 nitrogen and oxygen atoms in total. The molecule has 3 heteroatoms. The average Bonchev–Trinajstić information content (AvgIpc) is 2.82. The molecule has 1 aliphatic heterocycles. The van der Waals surface area contributed by atoms with Gasteiger partial charge in [-0.2, -0.15) is 0 Å². The molecule has 1 aromatic rings. The quantitative estimate of drug-likeness (QED) is 0.783. The van der Waals surface area contributed by atoms with Crippen LogP contribution in [0.4, 0.5) is 0 Å².